The first kappa shape index (κ1) is 23.3. The van der Waals surface area contributed by atoms with Crippen molar-refractivity contribution in [2.75, 3.05) is 46.5 Å². The van der Waals surface area contributed by atoms with Gasteiger partial charge in [-0.2, -0.15) is 4.31 Å². The number of sulfonamides is 1. The SMILES string of the molecule is CCOC(=O)CN(CCOC)C(=O)c1ccc(S(=O)(=O)N2CCCCCC2)cc1. The summed E-state index contributed by atoms with van der Waals surface area (Å²) in [6, 6.07) is 5.87. The predicted octanol–water partition coefficient (Wildman–Crippen LogP) is 1.90. The minimum Gasteiger partial charge on any atom is -0.465 e. The van der Waals surface area contributed by atoms with E-state index in [2.05, 4.69) is 0 Å². The minimum absolute atomic E-state index is 0.171. The maximum atomic E-state index is 12.9. The van der Waals surface area contributed by atoms with Gasteiger partial charge >= 0.3 is 5.97 Å². The average molecular weight is 427 g/mol. The normalized spacial score (nSPS) is 15.5. The molecule has 1 aromatic rings. The van der Waals surface area contributed by atoms with Crippen LogP contribution in [0.4, 0.5) is 0 Å². The molecule has 1 saturated heterocycles. The van der Waals surface area contributed by atoms with Crippen molar-refractivity contribution in [2.45, 2.75) is 37.5 Å². The second-order valence-corrected chi connectivity index (χ2v) is 8.81. The number of hydrogen-bond donors (Lipinski definition) is 0. The first-order valence-corrected chi connectivity index (χ1v) is 11.4. The topological polar surface area (TPSA) is 93.2 Å². The van der Waals surface area contributed by atoms with Crippen molar-refractivity contribution in [1.29, 1.82) is 0 Å². The van der Waals surface area contributed by atoms with Crippen molar-refractivity contribution in [3.8, 4) is 0 Å². The molecule has 0 unspecified atom stereocenters. The van der Waals surface area contributed by atoms with E-state index in [1.165, 1.54) is 40.6 Å². The molecule has 1 fully saturated rings. The number of carbonyl (C=O) groups is 2. The van der Waals surface area contributed by atoms with Crippen LogP contribution in [0.25, 0.3) is 0 Å². The summed E-state index contributed by atoms with van der Waals surface area (Å²) in [7, 11) is -2.06. The van der Waals surface area contributed by atoms with Gasteiger partial charge in [0.25, 0.3) is 5.91 Å². The lowest BCUT2D eigenvalue weighted by Gasteiger charge is -2.22. The van der Waals surface area contributed by atoms with Gasteiger partial charge in [0.2, 0.25) is 10.0 Å². The predicted molar refractivity (Wildman–Crippen MR) is 108 cm³/mol. The van der Waals surface area contributed by atoms with Gasteiger partial charge in [-0.15, -0.1) is 0 Å². The van der Waals surface area contributed by atoms with Crippen molar-refractivity contribution in [2.24, 2.45) is 0 Å². The fourth-order valence-electron chi connectivity index (χ4n) is 3.20. The smallest absolute Gasteiger partial charge is 0.325 e. The van der Waals surface area contributed by atoms with E-state index >= 15 is 0 Å². The van der Waals surface area contributed by atoms with Gasteiger partial charge < -0.3 is 14.4 Å². The van der Waals surface area contributed by atoms with E-state index in [1.807, 2.05) is 0 Å². The fraction of sp³-hybridized carbons (Fsp3) is 0.600. The second-order valence-electron chi connectivity index (χ2n) is 6.87. The average Bonchev–Trinajstić information content (AvgIpc) is 3.01. The molecular formula is C20H30N2O6S. The van der Waals surface area contributed by atoms with Crippen LogP contribution in [0.5, 0.6) is 0 Å². The van der Waals surface area contributed by atoms with E-state index in [-0.39, 0.29) is 37.1 Å². The van der Waals surface area contributed by atoms with E-state index in [1.54, 1.807) is 6.92 Å². The number of nitrogens with zero attached hydrogens (tertiary/aromatic N) is 2. The van der Waals surface area contributed by atoms with E-state index in [0.717, 1.165) is 25.7 Å². The Hall–Kier alpha value is -1.97. The Morgan fingerprint density at radius 3 is 2.24 bits per heavy atom. The van der Waals surface area contributed by atoms with Gasteiger partial charge in [0.15, 0.2) is 0 Å². The van der Waals surface area contributed by atoms with Crippen LogP contribution in [0.1, 0.15) is 43.0 Å². The van der Waals surface area contributed by atoms with Crippen LogP contribution in [0.15, 0.2) is 29.2 Å². The molecule has 1 aliphatic heterocycles. The maximum Gasteiger partial charge on any atom is 0.325 e. The van der Waals surface area contributed by atoms with Gasteiger partial charge in [0.05, 0.1) is 18.1 Å². The molecule has 1 heterocycles. The number of amides is 1. The van der Waals surface area contributed by atoms with E-state index in [4.69, 9.17) is 9.47 Å². The molecule has 0 radical (unpaired) electrons. The van der Waals surface area contributed by atoms with Crippen molar-refractivity contribution >= 4 is 21.9 Å². The first-order chi connectivity index (χ1) is 13.9. The molecule has 0 N–H and O–H groups in total. The molecule has 29 heavy (non-hydrogen) atoms. The van der Waals surface area contributed by atoms with Gasteiger partial charge in [-0.25, -0.2) is 8.42 Å². The Balaban J connectivity index is 2.15. The maximum absolute atomic E-state index is 12.9. The second kappa shape index (κ2) is 11.3. The molecule has 1 aliphatic rings. The van der Waals surface area contributed by atoms with Gasteiger partial charge in [-0.3, -0.25) is 9.59 Å². The largest absolute Gasteiger partial charge is 0.465 e. The lowest BCUT2D eigenvalue weighted by molar-refractivity contribution is -0.143. The Kier molecular flexibility index (Phi) is 9.06. The zero-order chi connectivity index (χ0) is 21.3. The number of hydrogen-bond acceptors (Lipinski definition) is 6. The molecule has 0 atom stereocenters. The molecule has 0 aromatic heterocycles. The van der Waals surface area contributed by atoms with E-state index in [9.17, 15) is 18.0 Å². The highest BCUT2D eigenvalue weighted by Gasteiger charge is 2.26. The molecule has 0 saturated carbocycles. The summed E-state index contributed by atoms with van der Waals surface area (Å²) in [5.74, 6) is -0.883. The number of rotatable bonds is 9. The molecule has 0 spiro atoms. The monoisotopic (exact) mass is 426 g/mol. The molecule has 162 valence electrons. The Labute approximate surface area is 172 Å². The van der Waals surface area contributed by atoms with Gasteiger partial charge in [-0.1, -0.05) is 12.8 Å². The van der Waals surface area contributed by atoms with Crippen LogP contribution in [0.3, 0.4) is 0 Å². The standard InChI is InChI=1S/C20H30N2O6S/c1-3-28-19(23)16-21(14-15-27-2)20(24)17-8-10-18(11-9-17)29(25,26)22-12-6-4-5-7-13-22/h8-11H,3-7,12-16H2,1-2H3. The zero-order valence-corrected chi connectivity index (χ0v) is 17.9. The summed E-state index contributed by atoms with van der Waals surface area (Å²) in [6.45, 7) is 3.27. The molecular weight excluding hydrogens is 396 g/mol. The van der Waals surface area contributed by atoms with Crippen LogP contribution in [0, 0.1) is 0 Å². The molecule has 1 aromatic carbocycles. The molecule has 9 heteroatoms. The lowest BCUT2D eigenvalue weighted by Crippen LogP contribution is -2.38. The quantitative estimate of drug-likeness (QED) is 0.560. The lowest BCUT2D eigenvalue weighted by atomic mass is 10.2. The van der Waals surface area contributed by atoms with Crippen molar-refractivity contribution in [1.82, 2.24) is 9.21 Å². The number of benzene rings is 1. The molecule has 2 rings (SSSR count). The van der Waals surface area contributed by atoms with Crippen molar-refractivity contribution in [3.05, 3.63) is 29.8 Å². The molecule has 0 aliphatic carbocycles. The highest BCUT2D eigenvalue weighted by molar-refractivity contribution is 7.89. The molecule has 8 nitrogen and oxygen atoms in total. The summed E-state index contributed by atoms with van der Waals surface area (Å²) in [6.07, 6.45) is 3.80. The third kappa shape index (κ3) is 6.52. The van der Waals surface area contributed by atoms with Crippen molar-refractivity contribution < 1.29 is 27.5 Å². The van der Waals surface area contributed by atoms with Crippen molar-refractivity contribution in [3.63, 3.8) is 0 Å². The van der Waals surface area contributed by atoms with Crippen LogP contribution < -0.4 is 0 Å². The number of ether oxygens (including phenoxy) is 2. The Morgan fingerprint density at radius 1 is 1.07 bits per heavy atom. The Morgan fingerprint density at radius 2 is 1.69 bits per heavy atom. The number of methoxy groups -OCH3 is 1. The van der Waals surface area contributed by atoms with Crippen LogP contribution in [-0.4, -0.2) is 76.0 Å². The van der Waals surface area contributed by atoms with E-state index < -0.39 is 16.0 Å². The molecule has 0 bridgehead atoms. The van der Waals surface area contributed by atoms with Gasteiger partial charge in [0.1, 0.15) is 6.54 Å². The van der Waals surface area contributed by atoms with Gasteiger partial charge in [-0.05, 0) is 44.0 Å². The summed E-state index contributed by atoms with van der Waals surface area (Å²) in [5.41, 5.74) is 0.306. The summed E-state index contributed by atoms with van der Waals surface area (Å²) >= 11 is 0. The van der Waals surface area contributed by atoms with Crippen LogP contribution >= 0.6 is 0 Å². The molecule has 1 amide bonds. The van der Waals surface area contributed by atoms with Crippen LogP contribution in [-0.2, 0) is 24.3 Å². The van der Waals surface area contributed by atoms with Gasteiger partial charge in [0, 0.05) is 32.3 Å². The summed E-state index contributed by atoms with van der Waals surface area (Å²) in [4.78, 5) is 26.1. The number of carbonyl (C=O) groups excluding carboxylic acids is 2. The van der Waals surface area contributed by atoms with Crippen LogP contribution in [0.2, 0.25) is 0 Å². The fourth-order valence-corrected chi connectivity index (χ4v) is 4.72. The third-order valence-corrected chi connectivity index (χ3v) is 6.69. The van der Waals surface area contributed by atoms with E-state index in [0.29, 0.717) is 18.7 Å². The summed E-state index contributed by atoms with van der Waals surface area (Å²) in [5, 5.41) is 0. The highest BCUT2D eigenvalue weighted by Crippen LogP contribution is 2.21. The Bertz CT molecular complexity index is 771. The summed E-state index contributed by atoms with van der Waals surface area (Å²) < 4.78 is 37.2. The first-order valence-electron chi connectivity index (χ1n) is 9.94. The zero-order valence-electron chi connectivity index (χ0n) is 17.1. The minimum atomic E-state index is -3.57. The third-order valence-electron chi connectivity index (χ3n) is 4.78. The number of esters is 1. The highest BCUT2D eigenvalue weighted by atomic mass is 32.2.